The van der Waals surface area contributed by atoms with Crippen molar-refractivity contribution in [2.24, 2.45) is 5.73 Å². The van der Waals surface area contributed by atoms with Gasteiger partial charge in [0.1, 0.15) is 5.75 Å². The number of amides is 1. The fourth-order valence-electron chi connectivity index (χ4n) is 2.10. The van der Waals surface area contributed by atoms with Gasteiger partial charge in [0.15, 0.2) is 0 Å². The normalized spacial score (nSPS) is 10.2. The molecular weight excluding hydrogens is 266 g/mol. The van der Waals surface area contributed by atoms with Gasteiger partial charge in [-0.1, -0.05) is 30.3 Å². The number of nitrogens with two attached hydrogens (primary N) is 1. The summed E-state index contributed by atoms with van der Waals surface area (Å²) >= 11 is 0. The Bertz CT molecular complexity index is 587. The molecule has 1 amide bonds. The summed E-state index contributed by atoms with van der Waals surface area (Å²) in [6.45, 7) is 1.41. The number of carbonyl (C=O) groups is 1. The van der Waals surface area contributed by atoms with Gasteiger partial charge < -0.3 is 15.4 Å². The van der Waals surface area contributed by atoms with Crippen LogP contribution in [0.1, 0.15) is 15.9 Å². The van der Waals surface area contributed by atoms with Crippen LogP contribution in [0.4, 0.5) is 0 Å². The highest BCUT2D eigenvalue weighted by Gasteiger charge is 2.19. The van der Waals surface area contributed by atoms with Gasteiger partial charge >= 0.3 is 0 Å². The Morgan fingerprint density at radius 1 is 1.29 bits per heavy atom. The summed E-state index contributed by atoms with van der Waals surface area (Å²) in [6.07, 6.45) is 3.12. The third-order valence-corrected chi connectivity index (χ3v) is 3.14. The van der Waals surface area contributed by atoms with Gasteiger partial charge in [-0.2, -0.15) is 0 Å². The molecule has 0 aliphatic heterocycles. The van der Waals surface area contributed by atoms with E-state index in [9.17, 15) is 4.79 Å². The molecule has 0 atom stereocenters. The fraction of sp³-hybridized carbons (Fsp3) is 0.250. The molecule has 1 heterocycles. The van der Waals surface area contributed by atoms with Crippen molar-refractivity contribution in [2.75, 3.05) is 20.2 Å². The van der Waals surface area contributed by atoms with E-state index >= 15 is 0 Å². The summed E-state index contributed by atoms with van der Waals surface area (Å²) in [5.41, 5.74) is 7.19. The van der Waals surface area contributed by atoms with Crippen LogP contribution in [0.3, 0.4) is 0 Å². The number of aromatic nitrogens is 1. The minimum absolute atomic E-state index is 0.108. The zero-order valence-electron chi connectivity index (χ0n) is 12.0. The molecule has 1 aromatic heterocycles. The Hall–Kier alpha value is -2.40. The Kier molecular flexibility index (Phi) is 5.29. The van der Waals surface area contributed by atoms with E-state index in [1.807, 2.05) is 30.3 Å². The zero-order chi connectivity index (χ0) is 15.1. The quantitative estimate of drug-likeness (QED) is 0.877. The highest BCUT2D eigenvalue weighted by atomic mass is 16.5. The highest BCUT2D eigenvalue weighted by Crippen LogP contribution is 2.19. The van der Waals surface area contributed by atoms with Gasteiger partial charge in [-0.05, 0) is 11.6 Å². The minimum Gasteiger partial charge on any atom is -0.494 e. The second kappa shape index (κ2) is 7.40. The van der Waals surface area contributed by atoms with Crippen molar-refractivity contribution in [3.63, 3.8) is 0 Å². The standard InChI is InChI=1S/C16H19N3O2/c1-21-15-11-18-9-7-14(15)16(20)19(10-8-17)12-13-5-3-2-4-6-13/h2-7,9,11H,8,10,12,17H2,1H3. The Balaban J connectivity index is 2.23. The third-order valence-electron chi connectivity index (χ3n) is 3.14. The molecule has 0 spiro atoms. The van der Waals surface area contributed by atoms with E-state index in [-0.39, 0.29) is 5.91 Å². The first kappa shape index (κ1) is 15.0. The van der Waals surface area contributed by atoms with Crippen LogP contribution in [-0.2, 0) is 6.54 Å². The van der Waals surface area contributed by atoms with Crippen LogP contribution in [-0.4, -0.2) is 36.0 Å². The molecule has 21 heavy (non-hydrogen) atoms. The van der Waals surface area contributed by atoms with Crippen LogP contribution >= 0.6 is 0 Å². The molecule has 0 unspecified atom stereocenters. The second-order valence-corrected chi connectivity index (χ2v) is 4.58. The van der Waals surface area contributed by atoms with Crippen molar-refractivity contribution < 1.29 is 9.53 Å². The molecule has 0 radical (unpaired) electrons. The topological polar surface area (TPSA) is 68.5 Å². The van der Waals surface area contributed by atoms with Crippen LogP contribution in [0.2, 0.25) is 0 Å². The summed E-state index contributed by atoms with van der Waals surface area (Å²) in [6, 6.07) is 11.5. The third kappa shape index (κ3) is 3.79. The summed E-state index contributed by atoms with van der Waals surface area (Å²) < 4.78 is 5.20. The smallest absolute Gasteiger partial charge is 0.258 e. The molecule has 0 aliphatic rings. The molecule has 5 heteroatoms. The summed E-state index contributed by atoms with van der Waals surface area (Å²) in [5.74, 6) is 0.362. The molecule has 2 N–H and O–H groups in total. The van der Waals surface area contributed by atoms with Gasteiger partial charge in [-0.25, -0.2) is 0 Å². The first-order valence-electron chi connectivity index (χ1n) is 6.77. The number of hydrogen-bond acceptors (Lipinski definition) is 4. The molecule has 0 saturated heterocycles. The van der Waals surface area contributed by atoms with Crippen molar-refractivity contribution in [1.29, 1.82) is 0 Å². The average Bonchev–Trinajstić information content (AvgIpc) is 2.54. The Morgan fingerprint density at radius 3 is 2.71 bits per heavy atom. The van der Waals surface area contributed by atoms with E-state index in [1.54, 1.807) is 17.2 Å². The number of pyridine rings is 1. The number of benzene rings is 1. The Labute approximate surface area is 124 Å². The van der Waals surface area contributed by atoms with Crippen molar-refractivity contribution in [3.05, 3.63) is 59.9 Å². The molecule has 5 nitrogen and oxygen atoms in total. The minimum atomic E-state index is -0.108. The monoisotopic (exact) mass is 285 g/mol. The molecule has 2 aromatic rings. The molecule has 110 valence electrons. The summed E-state index contributed by atoms with van der Waals surface area (Å²) in [4.78, 5) is 18.4. The number of rotatable bonds is 6. The summed E-state index contributed by atoms with van der Waals surface area (Å²) in [7, 11) is 1.53. The van der Waals surface area contributed by atoms with Gasteiger partial charge in [-0.3, -0.25) is 9.78 Å². The molecule has 1 aromatic carbocycles. The van der Waals surface area contributed by atoms with E-state index in [0.717, 1.165) is 5.56 Å². The first-order chi connectivity index (χ1) is 10.3. The van der Waals surface area contributed by atoms with E-state index in [2.05, 4.69) is 4.98 Å². The van der Waals surface area contributed by atoms with Crippen molar-refractivity contribution in [3.8, 4) is 5.75 Å². The number of nitrogens with zero attached hydrogens (tertiary/aromatic N) is 2. The maximum Gasteiger partial charge on any atom is 0.258 e. The summed E-state index contributed by atoms with van der Waals surface area (Å²) in [5, 5.41) is 0. The van der Waals surface area contributed by atoms with Crippen LogP contribution in [0, 0.1) is 0 Å². The van der Waals surface area contributed by atoms with Gasteiger partial charge in [-0.15, -0.1) is 0 Å². The lowest BCUT2D eigenvalue weighted by Gasteiger charge is -2.23. The SMILES string of the molecule is COc1cnccc1C(=O)N(CCN)Cc1ccccc1. The molecule has 2 rings (SSSR count). The fourth-order valence-corrected chi connectivity index (χ4v) is 2.10. The van der Waals surface area contributed by atoms with E-state index < -0.39 is 0 Å². The average molecular weight is 285 g/mol. The lowest BCUT2D eigenvalue weighted by atomic mass is 10.1. The number of methoxy groups -OCH3 is 1. The predicted molar refractivity (Wildman–Crippen MR) is 81.0 cm³/mol. The number of carbonyl (C=O) groups excluding carboxylic acids is 1. The first-order valence-corrected chi connectivity index (χ1v) is 6.77. The Morgan fingerprint density at radius 2 is 2.05 bits per heavy atom. The van der Waals surface area contributed by atoms with E-state index in [1.165, 1.54) is 13.3 Å². The van der Waals surface area contributed by atoms with Gasteiger partial charge in [0.25, 0.3) is 5.91 Å². The lowest BCUT2D eigenvalue weighted by molar-refractivity contribution is 0.0744. The van der Waals surface area contributed by atoms with Gasteiger partial charge in [0.05, 0.1) is 18.9 Å². The van der Waals surface area contributed by atoms with Crippen LogP contribution in [0.25, 0.3) is 0 Å². The van der Waals surface area contributed by atoms with Crippen LogP contribution in [0.15, 0.2) is 48.8 Å². The van der Waals surface area contributed by atoms with Gasteiger partial charge in [0.2, 0.25) is 0 Å². The molecule has 0 aliphatic carbocycles. The molecule has 0 bridgehead atoms. The largest absolute Gasteiger partial charge is 0.494 e. The maximum absolute atomic E-state index is 12.7. The highest BCUT2D eigenvalue weighted by molar-refractivity contribution is 5.96. The van der Waals surface area contributed by atoms with E-state index in [0.29, 0.717) is 30.9 Å². The zero-order valence-corrected chi connectivity index (χ0v) is 12.0. The number of ether oxygens (including phenoxy) is 1. The van der Waals surface area contributed by atoms with Crippen molar-refractivity contribution >= 4 is 5.91 Å². The van der Waals surface area contributed by atoms with Crippen molar-refractivity contribution in [2.45, 2.75) is 6.54 Å². The molecule has 0 saturated carbocycles. The predicted octanol–water partition coefficient (Wildman–Crippen LogP) is 1.69. The maximum atomic E-state index is 12.7. The van der Waals surface area contributed by atoms with Gasteiger partial charge in [0, 0.05) is 25.8 Å². The second-order valence-electron chi connectivity index (χ2n) is 4.58. The van der Waals surface area contributed by atoms with Crippen molar-refractivity contribution in [1.82, 2.24) is 9.88 Å². The molecule has 0 fully saturated rings. The number of hydrogen-bond donors (Lipinski definition) is 1. The molecular formula is C16H19N3O2. The lowest BCUT2D eigenvalue weighted by Crippen LogP contribution is -2.35. The van der Waals surface area contributed by atoms with E-state index in [4.69, 9.17) is 10.5 Å². The van der Waals surface area contributed by atoms with Crippen LogP contribution in [0.5, 0.6) is 5.75 Å². The van der Waals surface area contributed by atoms with Crippen LogP contribution < -0.4 is 10.5 Å².